The lowest BCUT2D eigenvalue weighted by Gasteiger charge is -2.25. The molecule has 1 aromatic heterocycles. The van der Waals surface area contributed by atoms with E-state index in [4.69, 9.17) is 0 Å². The highest BCUT2D eigenvalue weighted by atomic mass is 19.1. The van der Waals surface area contributed by atoms with E-state index >= 15 is 0 Å². The topological polar surface area (TPSA) is 68.0 Å². The van der Waals surface area contributed by atoms with E-state index in [-0.39, 0.29) is 11.5 Å². The molecule has 2 N–H and O–H groups in total. The Kier molecular flexibility index (Phi) is 3.17. The highest BCUT2D eigenvalue weighted by molar-refractivity contribution is 5.71. The molecule has 1 aliphatic heterocycles. The molecule has 0 saturated carbocycles. The van der Waals surface area contributed by atoms with Gasteiger partial charge in [0.15, 0.2) is 0 Å². The molecular weight excluding hydrogens is 261 g/mol. The Balaban J connectivity index is 1.96. The van der Waals surface area contributed by atoms with Crippen molar-refractivity contribution in [3.8, 4) is 0 Å². The zero-order valence-electron chi connectivity index (χ0n) is 11.2. The van der Waals surface area contributed by atoms with Crippen LogP contribution in [0.25, 0.3) is 0 Å². The molecule has 0 spiro atoms. The van der Waals surface area contributed by atoms with E-state index in [9.17, 15) is 9.18 Å². The number of H-pyrrole nitrogens is 2. The average Bonchev–Trinajstić information content (AvgIpc) is 2.76. The zero-order valence-corrected chi connectivity index (χ0v) is 11.2. The van der Waals surface area contributed by atoms with Gasteiger partial charge in [-0.1, -0.05) is 0 Å². The van der Waals surface area contributed by atoms with Crippen LogP contribution in [0.15, 0.2) is 23.0 Å². The Hall–Kier alpha value is -2.31. The van der Waals surface area contributed by atoms with Gasteiger partial charge in [0.2, 0.25) is 0 Å². The summed E-state index contributed by atoms with van der Waals surface area (Å²) in [7, 11) is 2.00. The van der Waals surface area contributed by atoms with Crippen LogP contribution in [0, 0.1) is 5.82 Å². The zero-order chi connectivity index (χ0) is 14.1. The van der Waals surface area contributed by atoms with Crippen LogP contribution in [-0.2, 0) is 6.54 Å². The number of rotatable bonds is 2. The summed E-state index contributed by atoms with van der Waals surface area (Å²) < 4.78 is 13.5. The minimum atomic E-state index is -0.327. The van der Waals surface area contributed by atoms with Crippen LogP contribution in [0.1, 0.15) is 12.2 Å². The third-order valence-corrected chi connectivity index (χ3v) is 3.50. The second kappa shape index (κ2) is 4.99. The number of nitrogens with zero attached hydrogens (tertiary/aromatic N) is 3. The summed E-state index contributed by atoms with van der Waals surface area (Å²) in [5.74, 6) is 0.286. The van der Waals surface area contributed by atoms with E-state index in [2.05, 4.69) is 20.1 Å². The summed E-state index contributed by atoms with van der Waals surface area (Å²) in [5.41, 5.74) is 1.49. The fraction of sp³-hybridized carbons (Fsp3) is 0.385. The molecule has 7 heteroatoms. The first-order valence-electron chi connectivity index (χ1n) is 6.53. The van der Waals surface area contributed by atoms with E-state index in [1.807, 2.05) is 11.9 Å². The van der Waals surface area contributed by atoms with Crippen LogP contribution >= 0.6 is 0 Å². The average molecular weight is 277 g/mol. The minimum Gasteiger partial charge on any atom is -0.373 e. The summed E-state index contributed by atoms with van der Waals surface area (Å²) in [6.07, 6.45) is 0.960. The van der Waals surface area contributed by atoms with Crippen molar-refractivity contribution in [3.63, 3.8) is 0 Å². The number of benzene rings is 1. The molecule has 1 aliphatic rings. The maximum Gasteiger partial charge on any atom is 0.340 e. The molecule has 3 rings (SSSR count). The van der Waals surface area contributed by atoms with E-state index in [1.165, 1.54) is 12.1 Å². The van der Waals surface area contributed by atoms with Crippen LogP contribution in [0.2, 0.25) is 0 Å². The van der Waals surface area contributed by atoms with Gasteiger partial charge >= 0.3 is 5.69 Å². The Morgan fingerprint density at radius 3 is 2.95 bits per heavy atom. The van der Waals surface area contributed by atoms with Crippen molar-refractivity contribution in [3.05, 3.63) is 40.3 Å². The number of anilines is 2. The second-order valence-electron chi connectivity index (χ2n) is 4.95. The predicted octanol–water partition coefficient (Wildman–Crippen LogP) is 1.08. The first kappa shape index (κ1) is 12.7. The molecule has 2 aromatic rings. The molecule has 0 amide bonds. The van der Waals surface area contributed by atoms with Crippen LogP contribution in [0.5, 0.6) is 0 Å². The molecule has 0 fully saturated rings. The Labute approximate surface area is 115 Å². The first-order chi connectivity index (χ1) is 9.63. The van der Waals surface area contributed by atoms with E-state index in [0.717, 1.165) is 30.9 Å². The van der Waals surface area contributed by atoms with Gasteiger partial charge in [-0.05, 0) is 24.6 Å². The normalized spacial score (nSPS) is 15.1. The van der Waals surface area contributed by atoms with Crippen molar-refractivity contribution in [1.29, 1.82) is 0 Å². The molecule has 0 radical (unpaired) electrons. The summed E-state index contributed by atoms with van der Waals surface area (Å²) in [6, 6.07) is 4.79. The number of halogens is 1. The summed E-state index contributed by atoms with van der Waals surface area (Å²) in [4.78, 5) is 17.9. The smallest absolute Gasteiger partial charge is 0.340 e. The van der Waals surface area contributed by atoms with Crippen LogP contribution < -0.4 is 15.5 Å². The van der Waals surface area contributed by atoms with Gasteiger partial charge in [-0.2, -0.15) is 5.10 Å². The fourth-order valence-electron chi connectivity index (χ4n) is 2.54. The van der Waals surface area contributed by atoms with Gasteiger partial charge in [-0.25, -0.2) is 14.3 Å². The van der Waals surface area contributed by atoms with Gasteiger partial charge < -0.3 is 9.80 Å². The Bertz CT molecular complexity index is 665. The van der Waals surface area contributed by atoms with Gasteiger partial charge in [-0.15, -0.1) is 0 Å². The standard InChI is InChI=1S/C13H16FN5O/c1-18-5-2-6-19(8-12-15-13(20)17-16-12)11-7-9(14)3-4-10(11)18/h3-4,7H,2,5-6,8H2,1H3,(H2,15,16,17,20). The number of aromatic amines is 2. The maximum atomic E-state index is 13.5. The highest BCUT2D eigenvalue weighted by Gasteiger charge is 2.20. The lowest BCUT2D eigenvalue weighted by Crippen LogP contribution is -2.24. The third kappa shape index (κ3) is 2.38. The van der Waals surface area contributed by atoms with E-state index in [0.29, 0.717) is 12.4 Å². The van der Waals surface area contributed by atoms with Crippen molar-refractivity contribution < 1.29 is 4.39 Å². The number of hydrogen-bond donors (Lipinski definition) is 2. The van der Waals surface area contributed by atoms with Crippen molar-refractivity contribution >= 4 is 11.4 Å². The van der Waals surface area contributed by atoms with E-state index < -0.39 is 0 Å². The molecule has 20 heavy (non-hydrogen) atoms. The third-order valence-electron chi connectivity index (χ3n) is 3.50. The largest absolute Gasteiger partial charge is 0.373 e. The molecule has 0 saturated heterocycles. The van der Waals surface area contributed by atoms with Crippen LogP contribution in [0.3, 0.4) is 0 Å². The number of aromatic nitrogens is 3. The van der Waals surface area contributed by atoms with Crippen molar-refractivity contribution in [2.75, 3.05) is 29.9 Å². The monoisotopic (exact) mass is 277 g/mol. The van der Waals surface area contributed by atoms with Gasteiger partial charge in [0.25, 0.3) is 0 Å². The fourth-order valence-corrected chi connectivity index (χ4v) is 2.54. The summed E-state index contributed by atoms with van der Waals surface area (Å²) >= 11 is 0. The minimum absolute atomic E-state index is 0.264. The molecule has 1 aromatic carbocycles. The molecule has 2 heterocycles. The van der Waals surface area contributed by atoms with Crippen molar-refractivity contribution in [1.82, 2.24) is 15.2 Å². The second-order valence-corrected chi connectivity index (χ2v) is 4.95. The number of hydrogen-bond acceptors (Lipinski definition) is 4. The van der Waals surface area contributed by atoms with Gasteiger partial charge in [0.1, 0.15) is 11.6 Å². The molecule has 6 nitrogen and oxygen atoms in total. The Morgan fingerprint density at radius 2 is 2.20 bits per heavy atom. The lowest BCUT2D eigenvalue weighted by molar-refractivity contribution is 0.626. The van der Waals surface area contributed by atoms with Crippen molar-refractivity contribution in [2.45, 2.75) is 13.0 Å². The summed E-state index contributed by atoms with van der Waals surface area (Å²) in [5, 5.41) is 6.26. The number of fused-ring (bicyclic) bond motifs is 1. The van der Waals surface area contributed by atoms with Crippen LogP contribution in [-0.4, -0.2) is 35.3 Å². The predicted molar refractivity (Wildman–Crippen MR) is 74.5 cm³/mol. The SMILES string of the molecule is CN1CCCN(Cc2n[nH]c(=O)[nH]2)c2cc(F)ccc21. The molecule has 0 unspecified atom stereocenters. The quantitative estimate of drug-likeness (QED) is 0.862. The first-order valence-corrected chi connectivity index (χ1v) is 6.53. The highest BCUT2D eigenvalue weighted by Crippen LogP contribution is 2.32. The molecule has 0 atom stereocenters. The van der Waals surface area contributed by atoms with Crippen molar-refractivity contribution in [2.24, 2.45) is 0 Å². The lowest BCUT2D eigenvalue weighted by atomic mass is 10.2. The van der Waals surface area contributed by atoms with E-state index in [1.54, 1.807) is 6.07 Å². The molecule has 106 valence electrons. The molecular formula is C13H16FN5O. The van der Waals surface area contributed by atoms with Gasteiger partial charge in [-0.3, -0.25) is 4.98 Å². The van der Waals surface area contributed by atoms with Gasteiger partial charge in [0, 0.05) is 20.1 Å². The molecule has 0 bridgehead atoms. The summed E-state index contributed by atoms with van der Waals surface area (Å²) in [6.45, 7) is 2.14. The maximum absolute atomic E-state index is 13.5. The Morgan fingerprint density at radius 1 is 1.35 bits per heavy atom. The van der Waals surface area contributed by atoms with Gasteiger partial charge in [0.05, 0.1) is 17.9 Å². The van der Waals surface area contributed by atoms with Crippen LogP contribution in [0.4, 0.5) is 15.8 Å². The number of nitrogens with one attached hydrogen (secondary N) is 2. The molecule has 0 aliphatic carbocycles.